The van der Waals surface area contributed by atoms with Gasteiger partial charge in [0.1, 0.15) is 0 Å². The Morgan fingerprint density at radius 3 is 2.00 bits per heavy atom. The van der Waals surface area contributed by atoms with Crippen molar-refractivity contribution < 1.29 is 9.66 Å². The number of hydrogen-bond donors (Lipinski definition) is 1. The normalized spacial score (nSPS) is 19.0. The quantitative estimate of drug-likeness (QED) is 0.443. The lowest BCUT2D eigenvalue weighted by Gasteiger charge is -2.35. The van der Waals surface area contributed by atoms with Crippen LogP contribution in [-0.4, -0.2) is 23.7 Å². The van der Waals surface area contributed by atoms with Crippen molar-refractivity contribution in [2.24, 2.45) is 0 Å². The molecule has 1 aliphatic rings. The Morgan fingerprint density at radius 2 is 1.50 bits per heavy atom. The largest absolute Gasteiger partial charge is 0.376 e. The summed E-state index contributed by atoms with van der Waals surface area (Å²) >= 11 is 0. The third kappa shape index (κ3) is 4.93. The molecule has 0 unspecified atom stereocenters. The number of hydrogen-bond acceptors (Lipinski definition) is 4. The van der Waals surface area contributed by atoms with Crippen molar-refractivity contribution >= 4 is 5.69 Å². The minimum Gasteiger partial charge on any atom is -0.376 e. The van der Waals surface area contributed by atoms with Crippen molar-refractivity contribution in [2.75, 3.05) is 6.61 Å². The van der Waals surface area contributed by atoms with E-state index in [1.807, 2.05) is 12.1 Å². The second-order valence-corrected chi connectivity index (χ2v) is 7.75. The van der Waals surface area contributed by atoms with E-state index in [0.717, 1.165) is 18.4 Å². The van der Waals surface area contributed by atoms with Crippen molar-refractivity contribution in [3.63, 3.8) is 0 Å². The van der Waals surface area contributed by atoms with Gasteiger partial charge >= 0.3 is 0 Å². The van der Waals surface area contributed by atoms with Gasteiger partial charge in [-0.25, -0.2) is 0 Å². The Kier molecular flexibility index (Phi) is 6.52. The fraction of sp³-hybridized carbons (Fsp3) is 0.280. The van der Waals surface area contributed by atoms with Crippen molar-refractivity contribution in [3.05, 3.63) is 112 Å². The van der Waals surface area contributed by atoms with Gasteiger partial charge in [-0.2, -0.15) is 0 Å². The smallest absolute Gasteiger partial charge is 0.269 e. The lowest BCUT2D eigenvalue weighted by atomic mass is 9.83. The number of nitrogens with zero attached hydrogens (tertiary/aromatic N) is 1. The van der Waals surface area contributed by atoms with Crippen LogP contribution in [0, 0.1) is 10.1 Å². The Labute approximate surface area is 176 Å². The lowest BCUT2D eigenvalue weighted by Crippen LogP contribution is -2.41. The summed E-state index contributed by atoms with van der Waals surface area (Å²) in [7, 11) is 0. The highest BCUT2D eigenvalue weighted by Crippen LogP contribution is 2.34. The van der Waals surface area contributed by atoms with Crippen LogP contribution in [0.2, 0.25) is 0 Å². The van der Waals surface area contributed by atoms with Crippen LogP contribution < -0.4 is 5.32 Å². The van der Waals surface area contributed by atoms with E-state index < -0.39 is 0 Å². The van der Waals surface area contributed by atoms with E-state index in [0.29, 0.717) is 13.2 Å². The number of benzene rings is 3. The Balaban J connectivity index is 1.37. The van der Waals surface area contributed by atoms with Crippen LogP contribution >= 0.6 is 0 Å². The molecule has 3 aromatic carbocycles. The molecule has 0 bridgehead atoms. The van der Waals surface area contributed by atoms with Crippen LogP contribution in [-0.2, 0) is 11.3 Å². The molecule has 5 nitrogen and oxygen atoms in total. The molecule has 0 amide bonds. The number of nitro benzene ring substituents is 1. The van der Waals surface area contributed by atoms with Crippen LogP contribution in [0.1, 0.15) is 35.4 Å². The van der Waals surface area contributed by atoms with Gasteiger partial charge in [-0.3, -0.25) is 10.1 Å². The summed E-state index contributed by atoms with van der Waals surface area (Å²) in [5, 5.41) is 14.3. The first kappa shape index (κ1) is 20.3. The monoisotopic (exact) mass is 402 g/mol. The molecule has 0 spiro atoms. The van der Waals surface area contributed by atoms with Gasteiger partial charge in [-0.1, -0.05) is 72.8 Å². The van der Waals surface area contributed by atoms with Crippen molar-refractivity contribution in [1.29, 1.82) is 0 Å². The Hall–Kier alpha value is -3.02. The third-order valence-electron chi connectivity index (χ3n) is 5.74. The average molecular weight is 402 g/mol. The number of nitrogens with one attached hydrogen (secondary N) is 1. The molecule has 2 atom stereocenters. The predicted octanol–water partition coefficient (Wildman–Crippen LogP) is 5.06. The molecule has 154 valence electrons. The molecule has 1 aliphatic heterocycles. The molecule has 0 aliphatic carbocycles. The topological polar surface area (TPSA) is 64.4 Å². The summed E-state index contributed by atoms with van der Waals surface area (Å²) in [5.74, 6) is 0.225. The summed E-state index contributed by atoms with van der Waals surface area (Å²) < 4.78 is 6.35. The minimum atomic E-state index is -0.373. The summed E-state index contributed by atoms with van der Waals surface area (Å²) in [6, 6.07) is 28.1. The average Bonchev–Trinajstić information content (AvgIpc) is 2.80. The molecule has 0 radical (unpaired) electrons. The van der Waals surface area contributed by atoms with E-state index in [1.54, 1.807) is 24.3 Å². The van der Waals surface area contributed by atoms with E-state index in [1.165, 1.54) is 11.1 Å². The van der Waals surface area contributed by atoms with Crippen LogP contribution in [0.5, 0.6) is 0 Å². The molecule has 4 rings (SSSR count). The van der Waals surface area contributed by atoms with Gasteiger partial charge < -0.3 is 10.1 Å². The van der Waals surface area contributed by atoms with Gasteiger partial charge in [0.2, 0.25) is 0 Å². The molecule has 3 aromatic rings. The van der Waals surface area contributed by atoms with E-state index in [9.17, 15) is 10.1 Å². The molecule has 1 fully saturated rings. The summed E-state index contributed by atoms with van der Waals surface area (Å²) in [6.07, 6.45) is 2.16. The highest BCUT2D eigenvalue weighted by molar-refractivity contribution is 5.34. The standard InChI is InChI=1S/C25H26N2O3/c28-27(29)23-14-11-19(12-15-23)17-26-22-13-16-24(30-18-22)25(20-7-3-1-4-8-20)21-9-5-2-6-10-21/h1-12,14-15,22,24-26H,13,16-18H2/t22-,24-/m0/s1. The highest BCUT2D eigenvalue weighted by atomic mass is 16.6. The van der Waals surface area contributed by atoms with Gasteiger partial charge in [0.15, 0.2) is 0 Å². The first-order valence-electron chi connectivity index (χ1n) is 10.4. The van der Waals surface area contributed by atoms with E-state index >= 15 is 0 Å². The van der Waals surface area contributed by atoms with Crippen LogP contribution in [0.15, 0.2) is 84.9 Å². The number of ether oxygens (including phenoxy) is 1. The molecule has 30 heavy (non-hydrogen) atoms. The van der Waals surface area contributed by atoms with Gasteiger partial charge in [-0.15, -0.1) is 0 Å². The molecule has 1 N–H and O–H groups in total. The lowest BCUT2D eigenvalue weighted by molar-refractivity contribution is -0.384. The Morgan fingerprint density at radius 1 is 0.900 bits per heavy atom. The number of nitro groups is 1. The van der Waals surface area contributed by atoms with Crippen LogP contribution in [0.4, 0.5) is 5.69 Å². The molecule has 0 aromatic heterocycles. The first-order chi connectivity index (χ1) is 14.7. The maximum atomic E-state index is 10.8. The van der Waals surface area contributed by atoms with Gasteiger partial charge in [0.25, 0.3) is 5.69 Å². The molecule has 1 heterocycles. The molecular formula is C25H26N2O3. The van der Waals surface area contributed by atoms with Gasteiger partial charge in [-0.05, 0) is 29.5 Å². The molecule has 5 heteroatoms. The molecule has 1 saturated heterocycles. The highest BCUT2D eigenvalue weighted by Gasteiger charge is 2.30. The SMILES string of the molecule is O=[N+]([O-])c1ccc(CN[C@H]2CC[C@@H](C(c3ccccc3)c3ccccc3)OC2)cc1. The van der Waals surface area contributed by atoms with Gasteiger partial charge in [0, 0.05) is 30.6 Å². The Bertz CT molecular complexity index is 898. The maximum Gasteiger partial charge on any atom is 0.269 e. The fourth-order valence-electron chi connectivity index (χ4n) is 4.14. The van der Waals surface area contributed by atoms with E-state index in [-0.39, 0.29) is 28.7 Å². The maximum absolute atomic E-state index is 10.8. The van der Waals surface area contributed by atoms with E-state index in [2.05, 4.69) is 53.8 Å². The summed E-state index contributed by atoms with van der Waals surface area (Å²) in [5.41, 5.74) is 3.72. The summed E-state index contributed by atoms with van der Waals surface area (Å²) in [6.45, 7) is 1.34. The molecule has 0 saturated carbocycles. The van der Waals surface area contributed by atoms with Gasteiger partial charge in [0.05, 0.1) is 17.6 Å². The second-order valence-electron chi connectivity index (χ2n) is 7.75. The summed E-state index contributed by atoms with van der Waals surface area (Å²) in [4.78, 5) is 10.4. The minimum absolute atomic E-state index is 0.121. The van der Waals surface area contributed by atoms with Crippen LogP contribution in [0.3, 0.4) is 0 Å². The third-order valence-corrected chi connectivity index (χ3v) is 5.74. The number of rotatable bonds is 7. The number of non-ortho nitro benzene ring substituents is 1. The predicted molar refractivity (Wildman–Crippen MR) is 117 cm³/mol. The zero-order valence-corrected chi connectivity index (χ0v) is 16.8. The van der Waals surface area contributed by atoms with Crippen molar-refractivity contribution in [1.82, 2.24) is 5.32 Å². The fourth-order valence-corrected chi connectivity index (χ4v) is 4.14. The zero-order chi connectivity index (χ0) is 20.8. The van der Waals surface area contributed by atoms with E-state index in [4.69, 9.17) is 4.74 Å². The van der Waals surface area contributed by atoms with Crippen molar-refractivity contribution in [3.8, 4) is 0 Å². The first-order valence-corrected chi connectivity index (χ1v) is 10.4. The second kappa shape index (κ2) is 9.65. The zero-order valence-electron chi connectivity index (χ0n) is 16.8. The van der Waals surface area contributed by atoms with Crippen LogP contribution in [0.25, 0.3) is 0 Å². The van der Waals surface area contributed by atoms with Crippen molar-refractivity contribution in [2.45, 2.75) is 37.5 Å². The molecular weight excluding hydrogens is 376 g/mol.